The topological polar surface area (TPSA) is 72.6 Å². The molecule has 0 saturated carbocycles. The molecule has 1 aliphatic heterocycles. The van der Waals surface area contributed by atoms with Gasteiger partial charge in [-0.15, -0.1) is 12.4 Å². The Labute approximate surface area is 134 Å². The van der Waals surface area contributed by atoms with Crippen LogP contribution in [-0.2, 0) is 10.0 Å². The number of rotatable bonds is 3. The van der Waals surface area contributed by atoms with E-state index in [0.29, 0.717) is 31.7 Å². The van der Waals surface area contributed by atoms with E-state index in [4.69, 9.17) is 10.5 Å². The number of sulfonamides is 1. The molecule has 20 heavy (non-hydrogen) atoms. The molecule has 5 nitrogen and oxygen atoms in total. The molecule has 8 heteroatoms. The van der Waals surface area contributed by atoms with Gasteiger partial charge in [0.2, 0.25) is 10.0 Å². The minimum atomic E-state index is -3.46. The molecule has 1 aliphatic rings. The van der Waals surface area contributed by atoms with Crippen molar-refractivity contribution in [3.8, 4) is 5.75 Å². The summed E-state index contributed by atoms with van der Waals surface area (Å²) in [7, 11) is -1.95. The van der Waals surface area contributed by atoms with Crippen LogP contribution in [0.15, 0.2) is 27.6 Å². The molecule has 0 aromatic heterocycles. The van der Waals surface area contributed by atoms with Crippen LogP contribution in [0.5, 0.6) is 5.75 Å². The molecule has 2 rings (SSSR count). The first-order chi connectivity index (χ1) is 8.95. The van der Waals surface area contributed by atoms with E-state index in [-0.39, 0.29) is 23.3 Å². The van der Waals surface area contributed by atoms with Gasteiger partial charge in [-0.3, -0.25) is 0 Å². The molecule has 0 radical (unpaired) electrons. The third kappa shape index (κ3) is 3.65. The minimum Gasteiger partial charge on any atom is -0.496 e. The highest BCUT2D eigenvalue weighted by Gasteiger charge is 2.28. The van der Waals surface area contributed by atoms with Crippen LogP contribution in [0.3, 0.4) is 0 Å². The average molecular weight is 386 g/mol. The first-order valence-corrected chi connectivity index (χ1v) is 8.27. The number of hydrogen-bond donors (Lipinski definition) is 1. The smallest absolute Gasteiger partial charge is 0.243 e. The lowest BCUT2D eigenvalue weighted by molar-refractivity contribution is 0.320. The lowest BCUT2D eigenvalue weighted by atomic mass is 10.1. The molecule has 0 aliphatic carbocycles. The summed E-state index contributed by atoms with van der Waals surface area (Å²) in [6.07, 6.45) is 1.40. The van der Waals surface area contributed by atoms with Gasteiger partial charge in [-0.05, 0) is 40.9 Å². The molecule has 0 amide bonds. The maximum Gasteiger partial charge on any atom is 0.243 e. The molecule has 0 bridgehead atoms. The van der Waals surface area contributed by atoms with Gasteiger partial charge >= 0.3 is 0 Å². The monoisotopic (exact) mass is 384 g/mol. The largest absolute Gasteiger partial charge is 0.496 e. The third-order valence-electron chi connectivity index (χ3n) is 3.26. The highest BCUT2D eigenvalue weighted by Crippen LogP contribution is 2.29. The van der Waals surface area contributed by atoms with Crippen LogP contribution in [-0.4, -0.2) is 39.0 Å². The highest BCUT2D eigenvalue weighted by molar-refractivity contribution is 9.10. The van der Waals surface area contributed by atoms with Crippen LogP contribution in [0.25, 0.3) is 0 Å². The van der Waals surface area contributed by atoms with Crippen molar-refractivity contribution in [2.24, 2.45) is 5.73 Å². The number of nitrogens with two attached hydrogens (primary N) is 1. The van der Waals surface area contributed by atoms with E-state index in [0.717, 1.165) is 4.47 Å². The van der Waals surface area contributed by atoms with E-state index in [1.54, 1.807) is 12.1 Å². The summed E-state index contributed by atoms with van der Waals surface area (Å²) < 4.78 is 32.3. The zero-order valence-electron chi connectivity index (χ0n) is 11.1. The van der Waals surface area contributed by atoms with Crippen molar-refractivity contribution in [2.75, 3.05) is 20.2 Å². The van der Waals surface area contributed by atoms with Crippen molar-refractivity contribution >= 4 is 38.4 Å². The third-order valence-corrected chi connectivity index (χ3v) is 5.81. The number of halogens is 2. The molecular weight excluding hydrogens is 368 g/mol. The summed E-state index contributed by atoms with van der Waals surface area (Å²) >= 11 is 3.31. The Morgan fingerprint density at radius 3 is 2.50 bits per heavy atom. The maximum absolute atomic E-state index is 12.5. The van der Waals surface area contributed by atoms with Gasteiger partial charge in [0, 0.05) is 25.2 Å². The van der Waals surface area contributed by atoms with Crippen LogP contribution < -0.4 is 10.5 Å². The molecule has 2 N–H and O–H groups in total. The summed E-state index contributed by atoms with van der Waals surface area (Å²) in [5.74, 6) is 0.509. The number of nitrogens with zero attached hydrogens (tertiary/aromatic N) is 1. The Balaban J connectivity index is 0.00000200. The molecule has 0 atom stereocenters. The standard InChI is InChI=1S/C12H17BrN2O3S.ClH/c1-18-12-8-10(2-3-11(12)13)19(16,17)15-6-4-9(14)5-7-15;/h2-3,8-9H,4-7,14H2,1H3;1H. The van der Waals surface area contributed by atoms with Gasteiger partial charge in [0.15, 0.2) is 0 Å². The Hall–Kier alpha value is -0.340. The summed E-state index contributed by atoms with van der Waals surface area (Å²) in [5.41, 5.74) is 5.80. The Morgan fingerprint density at radius 1 is 1.35 bits per heavy atom. The van der Waals surface area contributed by atoms with Crippen molar-refractivity contribution in [2.45, 2.75) is 23.8 Å². The lowest BCUT2D eigenvalue weighted by Crippen LogP contribution is -2.42. The zero-order chi connectivity index (χ0) is 14.0. The first kappa shape index (κ1) is 17.7. The molecule has 0 spiro atoms. The molecule has 1 fully saturated rings. The first-order valence-electron chi connectivity index (χ1n) is 6.04. The minimum absolute atomic E-state index is 0. The molecule has 0 unspecified atom stereocenters. The molecule has 1 aromatic carbocycles. The van der Waals surface area contributed by atoms with Crippen molar-refractivity contribution in [3.63, 3.8) is 0 Å². The van der Waals surface area contributed by atoms with Gasteiger partial charge < -0.3 is 10.5 Å². The molecule has 114 valence electrons. The number of ether oxygens (including phenoxy) is 1. The molecule has 1 heterocycles. The number of hydrogen-bond acceptors (Lipinski definition) is 4. The van der Waals surface area contributed by atoms with Crippen LogP contribution >= 0.6 is 28.3 Å². The molecule has 1 aromatic rings. The summed E-state index contributed by atoms with van der Waals surface area (Å²) in [6, 6.07) is 4.90. The van der Waals surface area contributed by atoms with Gasteiger partial charge in [-0.2, -0.15) is 4.31 Å². The van der Waals surface area contributed by atoms with E-state index >= 15 is 0 Å². The second-order valence-corrected chi connectivity index (χ2v) is 7.33. The van der Waals surface area contributed by atoms with Crippen molar-refractivity contribution in [1.29, 1.82) is 0 Å². The van der Waals surface area contributed by atoms with Gasteiger partial charge in [-0.25, -0.2) is 8.42 Å². The van der Waals surface area contributed by atoms with Crippen molar-refractivity contribution in [3.05, 3.63) is 22.7 Å². The fourth-order valence-electron chi connectivity index (χ4n) is 2.07. The summed E-state index contributed by atoms with van der Waals surface area (Å²) in [6.45, 7) is 0.948. The molecular formula is C12H18BrClN2O3S. The van der Waals surface area contributed by atoms with Crippen LogP contribution in [0, 0.1) is 0 Å². The average Bonchev–Trinajstić information content (AvgIpc) is 2.39. The van der Waals surface area contributed by atoms with E-state index in [1.807, 2.05) is 0 Å². The zero-order valence-corrected chi connectivity index (χ0v) is 14.3. The van der Waals surface area contributed by atoms with Crippen molar-refractivity contribution in [1.82, 2.24) is 4.31 Å². The predicted octanol–water partition coefficient (Wildman–Crippen LogP) is 1.99. The fourth-order valence-corrected chi connectivity index (χ4v) is 3.96. The van der Waals surface area contributed by atoms with E-state index in [2.05, 4.69) is 15.9 Å². The van der Waals surface area contributed by atoms with E-state index in [1.165, 1.54) is 17.5 Å². The van der Waals surface area contributed by atoms with Crippen LogP contribution in [0.1, 0.15) is 12.8 Å². The maximum atomic E-state index is 12.5. The highest BCUT2D eigenvalue weighted by atomic mass is 79.9. The summed E-state index contributed by atoms with van der Waals surface area (Å²) in [5, 5.41) is 0. The molecule has 1 saturated heterocycles. The summed E-state index contributed by atoms with van der Waals surface area (Å²) in [4.78, 5) is 0.253. The second-order valence-electron chi connectivity index (χ2n) is 4.54. The van der Waals surface area contributed by atoms with Crippen LogP contribution in [0.2, 0.25) is 0 Å². The second kappa shape index (κ2) is 7.09. The number of piperidine rings is 1. The van der Waals surface area contributed by atoms with E-state index in [9.17, 15) is 8.42 Å². The number of benzene rings is 1. The Bertz CT molecular complexity index is 560. The normalized spacial score (nSPS) is 17.6. The number of methoxy groups -OCH3 is 1. The van der Waals surface area contributed by atoms with Gasteiger partial charge in [0.1, 0.15) is 5.75 Å². The van der Waals surface area contributed by atoms with Gasteiger partial charge in [0.05, 0.1) is 16.5 Å². The van der Waals surface area contributed by atoms with Gasteiger partial charge in [-0.1, -0.05) is 0 Å². The van der Waals surface area contributed by atoms with Crippen molar-refractivity contribution < 1.29 is 13.2 Å². The Kier molecular flexibility index (Phi) is 6.27. The van der Waals surface area contributed by atoms with Gasteiger partial charge in [0.25, 0.3) is 0 Å². The Morgan fingerprint density at radius 2 is 1.95 bits per heavy atom. The SMILES string of the molecule is COc1cc(S(=O)(=O)N2CCC(N)CC2)ccc1Br.Cl. The van der Waals surface area contributed by atoms with E-state index < -0.39 is 10.0 Å². The fraction of sp³-hybridized carbons (Fsp3) is 0.500. The lowest BCUT2D eigenvalue weighted by Gasteiger charge is -2.29. The quantitative estimate of drug-likeness (QED) is 0.863. The predicted molar refractivity (Wildman–Crippen MR) is 83.9 cm³/mol. The van der Waals surface area contributed by atoms with Crippen LogP contribution in [0.4, 0.5) is 0 Å².